The third kappa shape index (κ3) is 3.44. The third-order valence-corrected chi connectivity index (χ3v) is 5.47. The van der Waals surface area contributed by atoms with Crippen LogP contribution in [0.5, 0.6) is 0 Å². The van der Waals surface area contributed by atoms with E-state index in [4.69, 9.17) is 5.26 Å². The number of benzene rings is 1. The molecular formula is C19H24FN3O. The normalized spacial score (nSPS) is 25.3. The van der Waals surface area contributed by atoms with Gasteiger partial charge in [-0.05, 0) is 37.0 Å². The zero-order valence-corrected chi connectivity index (χ0v) is 14.2. The molecule has 0 N–H and O–H groups in total. The number of carbonyl (C=O) groups excluding carboxylic acids is 1. The molecule has 0 radical (unpaired) electrons. The van der Waals surface area contributed by atoms with Crippen LogP contribution >= 0.6 is 0 Å². The van der Waals surface area contributed by atoms with Crippen LogP contribution < -0.4 is 0 Å². The standard InChI is InChI=1S/C19H24FN3O/c1-14-4-2-3-5-18(14)22-8-10-23(11-9-22)19(24)16-7-6-15(13-21)12-17(16)20/h6-7,12,14,18H,2-5,8-11H2,1H3. The lowest BCUT2D eigenvalue weighted by Crippen LogP contribution is -2.54. The Morgan fingerprint density at radius 3 is 2.54 bits per heavy atom. The molecule has 3 rings (SSSR count). The first-order chi connectivity index (χ1) is 11.6. The van der Waals surface area contributed by atoms with Crippen LogP contribution in [-0.4, -0.2) is 47.9 Å². The van der Waals surface area contributed by atoms with Gasteiger partial charge in [0.25, 0.3) is 5.91 Å². The highest BCUT2D eigenvalue weighted by atomic mass is 19.1. The van der Waals surface area contributed by atoms with E-state index in [0.29, 0.717) is 19.1 Å². The molecule has 0 bridgehead atoms. The SMILES string of the molecule is CC1CCCCC1N1CCN(C(=O)c2ccc(C#N)cc2F)CC1. The summed E-state index contributed by atoms with van der Waals surface area (Å²) in [5, 5.41) is 8.80. The number of nitriles is 1. The fourth-order valence-corrected chi connectivity index (χ4v) is 4.02. The van der Waals surface area contributed by atoms with Crippen molar-refractivity contribution in [2.75, 3.05) is 26.2 Å². The molecule has 1 aliphatic heterocycles. The topological polar surface area (TPSA) is 47.3 Å². The van der Waals surface area contributed by atoms with Crippen molar-refractivity contribution < 1.29 is 9.18 Å². The van der Waals surface area contributed by atoms with Crippen LogP contribution in [0.25, 0.3) is 0 Å². The molecule has 1 saturated heterocycles. The van der Waals surface area contributed by atoms with Crippen molar-refractivity contribution in [3.05, 3.63) is 35.1 Å². The van der Waals surface area contributed by atoms with E-state index in [9.17, 15) is 9.18 Å². The molecule has 4 nitrogen and oxygen atoms in total. The Kier molecular flexibility index (Phi) is 5.15. The molecule has 2 fully saturated rings. The maximum absolute atomic E-state index is 14.1. The van der Waals surface area contributed by atoms with Gasteiger partial charge >= 0.3 is 0 Å². The number of rotatable bonds is 2. The van der Waals surface area contributed by atoms with Crippen LogP contribution in [0.15, 0.2) is 18.2 Å². The Morgan fingerprint density at radius 1 is 1.21 bits per heavy atom. The van der Waals surface area contributed by atoms with E-state index in [1.807, 2.05) is 6.07 Å². The summed E-state index contributed by atoms with van der Waals surface area (Å²) in [6.45, 7) is 5.33. The maximum Gasteiger partial charge on any atom is 0.256 e. The molecule has 1 heterocycles. The van der Waals surface area contributed by atoms with Gasteiger partial charge in [0.05, 0.1) is 17.2 Å². The largest absolute Gasteiger partial charge is 0.336 e. The first-order valence-corrected chi connectivity index (χ1v) is 8.83. The number of hydrogen-bond donors (Lipinski definition) is 0. The Labute approximate surface area is 142 Å². The summed E-state index contributed by atoms with van der Waals surface area (Å²) in [6, 6.07) is 6.57. The van der Waals surface area contributed by atoms with Crippen LogP contribution in [-0.2, 0) is 0 Å². The van der Waals surface area contributed by atoms with Crippen LogP contribution in [0, 0.1) is 23.1 Å². The van der Waals surface area contributed by atoms with E-state index in [-0.39, 0.29) is 17.0 Å². The molecule has 0 spiro atoms. The predicted octanol–water partition coefficient (Wildman–Crippen LogP) is 3.03. The van der Waals surface area contributed by atoms with Crippen LogP contribution in [0.3, 0.4) is 0 Å². The van der Waals surface area contributed by atoms with Crippen molar-refractivity contribution in [3.63, 3.8) is 0 Å². The first kappa shape index (κ1) is 16.9. The summed E-state index contributed by atoms with van der Waals surface area (Å²) in [5.41, 5.74) is 0.300. The number of amides is 1. The highest BCUT2D eigenvalue weighted by Crippen LogP contribution is 2.29. The molecule has 5 heteroatoms. The van der Waals surface area contributed by atoms with E-state index in [1.54, 1.807) is 4.90 Å². The van der Waals surface area contributed by atoms with E-state index in [0.717, 1.165) is 25.1 Å². The van der Waals surface area contributed by atoms with Crippen molar-refractivity contribution in [3.8, 4) is 6.07 Å². The molecule has 1 aromatic carbocycles. The average molecular weight is 329 g/mol. The number of nitrogens with zero attached hydrogens (tertiary/aromatic N) is 3. The monoisotopic (exact) mass is 329 g/mol. The summed E-state index contributed by atoms with van der Waals surface area (Å²) in [6.07, 6.45) is 5.16. The fraction of sp³-hybridized carbons (Fsp3) is 0.579. The quantitative estimate of drug-likeness (QED) is 0.838. The number of piperazine rings is 1. The number of carbonyl (C=O) groups is 1. The molecule has 128 valence electrons. The maximum atomic E-state index is 14.1. The fourth-order valence-electron chi connectivity index (χ4n) is 4.02. The molecule has 2 unspecified atom stereocenters. The lowest BCUT2D eigenvalue weighted by atomic mass is 9.84. The summed E-state index contributed by atoms with van der Waals surface area (Å²) in [4.78, 5) is 16.8. The predicted molar refractivity (Wildman–Crippen MR) is 90.0 cm³/mol. The molecule has 24 heavy (non-hydrogen) atoms. The molecule has 1 saturated carbocycles. The second-order valence-corrected chi connectivity index (χ2v) is 6.96. The second-order valence-electron chi connectivity index (χ2n) is 6.96. The van der Waals surface area contributed by atoms with E-state index in [1.165, 1.54) is 37.8 Å². The molecule has 1 aliphatic carbocycles. The Hall–Kier alpha value is -1.93. The van der Waals surface area contributed by atoms with Gasteiger partial charge in [0.1, 0.15) is 5.82 Å². The van der Waals surface area contributed by atoms with Crippen molar-refractivity contribution in [2.45, 2.75) is 38.6 Å². The van der Waals surface area contributed by atoms with E-state index < -0.39 is 5.82 Å². The Bertz CT molecular complexity index is 647. The van der Waals surface area contributed by atoms with Gasteiger partial charge in [-0.2, -0.15) is 5.26 Å². The smallest absolute Gasteiger partial charge is 0.256 e. The minimum absolute atomic E-state index is 0.0634. The van der Waals surface area contributed by atoms with Crippen molar-refractivity contribution in [1.29, 1.82) is 5.26 Å². The van der Waals surface area contributed by atoms with E-state index in [2.05, 4.69) is 11.8 Å². The first-order valence-electron chi connectivity index (χ1n) is 8.83. The van der Waals surface area contributed by atoms with Gasteiger partial charge in [-0.1, -0.05) is 19.8 Å². The molecule has 1 amide bonds. The van der Waals surface area contributed by atoms with Gasteiger partial charge in [0, 0.05) is 32.2 Å². The van der Waals surface area contributed by atoms with Gasteiger partial charge in [-0.25, -0.2) is 4.39 Å². The van der Waals surface area contributed by atoms with Gasteiger partial charge in [-0.3, -0.25) is 9.69 Å². The summed E-state index contributed by atoms with van der Waals surface area (Å²) >= 11 is 0. The third-order valence-electron chi connectivity index (χ3n) is 5.47. The van der Waals surface area contributed by atoms with E-state index >= 15 is 0 Å². The number of halogens is 1. The molecule has 2 atom stereocenters. The summed E-state index contributed by atoms with van der Waals surface area (Å²) < 4.78 is 14.1. The lowest BCUT2D eigenvalue weighted by Gasteiger charge is -2.43. The van der Waals surface area contributed by atoms with Crippen molar-refractivity contribution in [1.82, 2.24) is 9.80 Å². The van der Waals surface area contributed by atoms with Crippen LogP contribution in [0.1, 0.15) is 48.5 Å². The second kappa shape index (κ2) is 7.31. The summed E-state index contributed by atoms with van der Waals surface area (Å²) in [7, 11) is 0. The van der Waals surface area contributed by atoms with Crippen LogP contribution in [0.4, 0.5) is 4.39 Å². The average Bonchev–Trinajstić information content (AvgIpc) is 2.61. The Balaban J connectivity index is 1.62. The van der Waals surface area contributed by atoms with Gasteiger partial charge in [-0.15, -0.1) is 0 Å². The zero-order chi connectivity index (χ0) is 17.1. The van der Waals surface area contributed by atoms with Gasteiger partial charge in [0.15, 0.2) is 0 Å². The highest BCUT2D eigenvalue weighted by Gasteiger charge is 2.31. The number of hydrogen-bond acceptors (Lipinski definition) is 3. The van der Waals surface area contributed by atoms with Crippen molar-refractivity contribution in [2.24, 2.45) is 5.92 Å². The minimum Gasteiger partial charge on any atom is -0.336 e. The highest BCUT2D eigenvalue weighted by molar-refractivity contribution is 5.94. The molecule has 0 aromatic heterocycles. The zero-order valence-electron chi connectivity index (χ0n) is 14.2. The minimum atomic E-state index is -0.609. The molecular weight excluding hydrogens is 305 g/mol. The van der Waals surface area contributed by atoms with Crippen molar-refractivity contribution >= 4 is 5.91 Å². The summed E-state index contributed by atoms with van der Waals surface area (Å²) in [5.74, 6) is -0.160. The van der Waals surface area contributed by atoms with Crippen LogP contribution in [0.2, 0.25) is 0 Å². The molecule has 2 aliphatic rings. The lowest BCUT2D eigenvalue weighted by molar-refractivity contribution is 0.0420. The molecule has 1 aromatic rings. The van der Waals surface area contributed by atoms with Gasteiger partial charge in [0.2, 0.25) is 0 Å². The van der Waals surface area contributed by atoms with Gasteiger partial charge < -0.3 is 4.90 Å². The Morgan fingerprint density at radius 2 is 1.92 bits per heavy atom.